The van der Waals surface area contributed by atoms with E-state index in [9.17, 15) is 5.26 Å². The first kappa shape index (κ1) is 26.1. The summed E-state index contributed by atoms with van der Waals surface area (Å²) in [5, 5.41) is 17.2. The number of nitriles is 1. The van der Waals surface area contributed by atoms with E-state index in [1.807, 2.05) is 29.5 Å². The summed E-state index contributed by atoms with van der Waals surface area (Å²) in [6.07, 6.45) is 0. The van der Waals surface area contributed by atoms with Gasteiger partial charge in [-0.05, 0) is 77.9 Å². The van der Waals surface area contributed by atoms with Crippen molar-refractivity contribution in [3.05, 3.63) is 157 Å². The Morgan fingerprint density at radius 1 is 0.447 bits per heavy atom. The Morgan fingerprint density at radius 3 is 1.89 bits per heavy atom. The average Bonchev–Trinajstić information content (AvgIpc) is 3.79. The van der Waals surface area contributed by atoms with Crippen LogP contribution in [0.15, 0.2) is 152 Å². The summed E-state index contributed by atoms with van der Waals surface area (Å²) in [6, 6.07) is 56.5. The first-order chi connectivity index (χ1) is 23.3. The van der Waals surface area contributed by atoms with Crippen LogP contribution in [0.3, 0.4) is 0 Å². The third kappa shape index (κ3) is 3.78. The molecule has 0 saturated carbocycles. The van der Waals surface area contributed by atoms with Crippen molar-refractivity contribution in [1.29, 1.82) is 5.26 Å². The Hall–Kier alpha value is -6.15. The van der Waals surface area contributed by atoms with Gasteiger partial charge in [0, 0.05) is 48.4 Å². The van der Waals surface area contributed by atoms with Gasteiger partial charge in [-0.3, -0.25) is 0 Å². The molecule has 0 aliphatic carbocycles. The predicted octanol–water partition coefficient (Wildman–Crippen LogP) is 11.8. The third-order valence-corrected chi connectivity index (χ3v) is 10.7. The van der Waals surface area contributed by atoms with Crippen molar-refractivity contribution in [1.82, 2.24) is 9.13 Å². The molecule has 0 spiro atoms. The van der Waals surface area contributed by atoms with Crippen molar-refractivity contribution >= 4 is 75.1 Å². The van der Waals surface area contributed by atoms with Crippen molar-refractivity contribution in [2.75, 3.05) is 0 Å². The molecule has 0 unspecified atom stereocenters. The molecule has 0 amide bonds. The molecule has 0 bridgehead atoms. The van der Waals surface area contributed by atoms with Gasteiger partial charge in [-0.2, -0.15) is 5.26 Å². The maximum absolute atomic E-state index is 9.76. The Balaban J connectivity index is 1.25. The lowest BCUT2D eigenvalue weighted by Crippen LogP contribution is -1.94. The molecule has 3 heterocycles. The van der Waals surface area contributed by atoms with Gasteiger partial charge in [-0.15, -0.1) is 11.3 Å². The standard InChI is InChI=1S/C43H25N3S/c44-26-27-9-8-12-31(23-27)46-40-22-18-29(25-37(40)34-19-20-35-33-14-5-7-16-41(33)47-43(35)42(34)46)28-17-21-39-36(24-28)32-13-4-6-15-38(32)45(39)30-10-2-1-3-11-30/h1-25H. The molecule has 4 heteroatoms. The molecule has 218 valence electrons. The second kappa shape index (κ2) is 9.92. The zero-order valence-electron chi connectivity index (χ0n) is 25.2. The number of nitrogens with zero attached hydrogens (tertiary/aromatic N) is 3. The Bertz CT molecular complexity index is 2910. The smallest absolute Gasteiger partial charge is 0.0992 e. The normalized spacial score (nSPS) is 11.8. The maximum atomic E-state index is 9.76. The van der Waals surface area contributed by atoms with Crippen molar-refractivity contribution in [2.45, 2.75) is 0 Å². The van der Waals surface area contributed by atoms with Crippen LogP contribution in [-0.2, 0) is 0 Å². The fraction of sp³-hybridized carbons (Fsp3) is 0. The number of thiophene rings is 1. The highest BCUT2D eigenvalue weighted by molar-refractivity contribution is 7.26. The van der Waals surface area contributed by atoms with Gasteiger partial charge >= 0.3 is 0 Å². The van der Waals surface area contributed by atoms with Crippen LogP contribution in [-0.4, -0.2) is 9.13 Å². The molecule has 10 rings (SSSR count). The van der Waals surface area contributed by atoms with E-state index in [1.165, 1.54) is 69.4 Å². The molecule has 0 radical (unpaired) electrons. The second-order valence-electron chi connectivity index (χ2n) is 12.1. The van der Waals surface area contributed by atoms with Crippen LogP contribution in [0.25, 0.3) is 86.3 Å². The summed E-state index contributed by atoms with van der Waals surface area (Å²) in [6.45, 7) is 0. The number of fused-ring (bicyclic) bond motifs is 10. The van der Waals surface area contributed by atoms with E-state index in [-0.39, 0.29) is 0 Å². The van der Waals surface area contributed by atoms with Gasteiger partial charge in [0.15, 0.2) is 0 Å². The molecule has 0 N–H and O–H groups in total. The summed E-state index contributed by atoms with van der Waals surface area (Å²) in [4.78, 5) is 0. The molecule has 0 aliphatic heterocycles. The van der Waals surface area contributed by atoms with Crippen molar-refractivity contribution in [3.63, 3.8) is 0 Å². The van der Waals surface area contributed by atoms with Crippen molar-refractivity contribution < 1.29 is 0 Å². The lowest BCUT2D eigenvalue weighted by molar-refractivity contribution is 1.18. The Morgan fingerprint density at radius 2 is 1.09 bits per heavy atom. The van der Waals surface area contributed by atoms with E-state index in [1.54, 1.807) is 0 Å². The highest BCUT2D eigenvalue weighted by Gasteiger charge is 2.19. The number of hydrogen-bond donors (Lipinski definition) is 0. The predicted molar refractivity (Wildman–Crippen MR) is 198 cm³/mol. The molecule has 0 atom stereocenters. The van der Waals surface area contributed by atoms with Gasteiger partial charge in [-0.25, -0.2) is 0 Å². The molecule has 0 saturated heterocycles. The topological polar surface area (TPSA) is 33.6 Å². The second-order valence-corrected chi connectivity index (χ2v) is 13.1. The minimum atomic E-state index is 0.653. The maximum Gasteiger partial charge on any atom is 0.0992 e. The minimum Gasteiger partial charge on any atom is -0.309 e. The van der Waals surface area contributed by atoms with Gasteiger partial charge < -0.3 is 9.13 Å². The highest BCUT2D eigenvalue weighted by Crippen LogP contribution is 2.44. The fourth-order valence-electron chi connectivity index (χ4n) is 7.45. The Kier molecular flexibility index (Phi) is 5.51. The van der Waals surface area contributed by atoms with Crippen molar-refractivity contribution in [2.24, 2.45) is 0 Å². The first-order valence-electron chi connectivity index (χ1n) is 15.7. The van der Waals surface area contributed by atoms with E-state index in [4.69, 9.17) is 0 Å². The van der Waals surface area contributed by atoms with Crippen molar-refractivity contribution in [3.8, 4) is 28.6 Å². The third-order valence-electron chi connectivity index (χ3n) is 9.53. The van der Waals surface area contributed by atoms with Gasteiger partial charge in [0.1, 0.15) is 0 Å². The largest absolute Gasteiger partial charge is 0.309 e. The van der Waals surface area contributed by atoms with Gasteiger partial charge in [0.2, 0.25) is 0 Å². The summed E-state index contributed by atoms with van der Waals surface area (Å²) in [5.41, 5.74) is 9.90. The number of hydrogen-bond acceptors (Lipinski definition) is 2. The first-order valence-corrected chi connectivity index (χ1v) is 16.6. The monoisotopic (exact) mass is 615 g/mol. The number of para-hydroxylation sites is 2. The van der Waals surface area contributed by atoms with E-state index in [2.05, 4.69) is 149 Å². The van der Waals surface area contributed by atoms with E-state index in [0.29, 0.717) is 5.56 Å². The zero-order valence-corrected chi connectivity index (χ0v) is 26.0. The highest BCUT2D eigenvalue weighted by atomic mass is 32.1. The average molecular weight is 616 g/mol. The van der Waals surface area contributed by atoms with Gasteiger partial charge in [0.25, 0.3) is 0 Å². The quantitative estimate of drug-likeness (QED) is 0.195. The van der Waals surface area contributed by atoms with Crippen LogP contribution in [0.4, 0.5) is 0 Å². The van der Waals surface area contributed by atoms with Gasteiger partial charge in [0.05, 0.1) is 38.4 Å². The molecule has 0 aliphatic rings. The molecule has 3 nitrogen and oxygen atoms in total. The van der Waals surface area contributed by atoms with E-state index < -0.39 is 0 Å². The molecular formula is C43H25N3S. The number of rotatable bonds is 3. The summed E-state index contributed by atoms with van der Waals surface area (Å²) < 4.78 is 7.25. The number of benzene rings is 7. The summed E-state index contributed by atoms with van der Waals surface area (Å²) in [7, 11) is 0. The van der Waals surface area contributed by atoms with Crippen LogP contribution in [0, 0.1) is 11.3 Å². The molecule has 10 aromatic rings. The lowest BCUT2D eigenvalue weighted by Gasteiger charge is -2.10. The lowest BCUT2D eigenvalue weighted by atomic mass is 10.0. The molecule has 0 fully saturated rings. The summed E-state index contributed by atoms with van der Waals surface area (Å²) in [5.74, 6) is 0. The number of aromatic nitrogens is 2. The van der Waals surface area contributed by atoms with E-state index in [0.717, 1.165) is 16.9 Å². The molecule has 3 aromatic heterocycles. The van der Waals surface area contributed by atoms with E-state index >= 15 is 0 Å². The fourth-order valence-corrected chi connectivity index (χ4v) is 8.69. The van der Waals surface area contributed by atoms with Crippen LogP contribution < -0.4 is 0 Å². The Labute approximate surface area is 274 Å². The minimum absolute atomic E-state index is 0.653. The van der Waals surface area contributed by atoms with Crippen LogP contribution in [0.1, 0.15) is 5.56 Å². The molecule has 7 aromatic carbocycles. The summed E-state index contributed by atoms with van der Waals surface area (Å²) >= 11 is 1.84. The van der Waals surface area contributed by atoms with Crippen LogP contribution in [0.5, 0.6) is 0 Å². The van der Waals surface area contributed by atoms with Crippen LogP contribution >= 0.6 is 11.3 Å². The van der Waals surface area contributed by atoms with Crippen LogP contribution in [0.2, 0.25) is 0 Å². The molecular weight excluding hydrogens is 591 g/mol. The molecule has 47 heavy (non-hydrogen) atoms. The zero-order chi connectivity index (χ0) is 31.1. The van der Waals surface area contributed by atoms with Gasteiger partial charge in [-0.1, -0.05) is 84.9 Å². The SMILES string of the molecule is N#Cc1cccc(-n2c3ccc(-c4ccc5c(c4)c4ccccc4n5-c4ccccc4)cc3c3ccc4c5ccccc5sc4c32)c1.